The fourth-order valence-electron chi connectivity index (χ4n) is 3.62. The third-order valence-electron chi connectivity index (χ3n) is 5.54. The van der Waals surface area contributed by atoms with Crippen LogP contribution in [0.5, 0.6) is 0 Å². The number of ether oxygens (including phenoxy) is 1. The van der Waals surface area contributed by atoms with Crippen molar-refractivity contribution in [2.24, 2.45) is 11.8 Å². The van der Waals surface area contributed by atoms with Gasteiger partial charge in [-0.05, 0) is 36.7 Å². The minimum Gasteiger partial charge on any atom is -0.445 e. The molecule has 0 radical (unpaired) electrons. The van der Waals surface area contributed by atoms with E-state index in [1.165, 1.54) is 0 Å². The first kappa shape index (κ1) is 28.8. The maximum Gasteiger partial charge on any atom is 0.408 e. The quantitative estimate of drug-likeness (QED) is 0.351. The Morgan fingerprint density at radius 3 is 2.39 bits per heavy atom. The molecule has 11 heteroatoms. The largest absolute Gasteiger partial charge is 0.445 e. The van der Waals surface area contributed by atoms with E-state index in [0.29, 0.717) is 6.42 Å². The fraction of sp³-hybridized carbons (Fsp3) is 0.560. The van der Waals surface area contributed by atoms with E-state index >= 15 is 0 Å². The Kier molecular flexibility index (Phi) is 11.3. The number of ketones is 1. The van der Waals surface area contributed by atoms with E-state index in [-0.39, 0.29) is 37.9 Å². The number of carbonyl (C=O) groups is 5. The van der Waals surface area contributed by atoms with Crippen molar-refractivity contribution >= 4 is 29.6 Å². The van der Waals surface area contributed by atoms with Crippen molar-refractivity contribution in [2.45, 2.75) is 71.7 Å². The lowest BCUT2D eigenvalue weighted by molar-refractivity contribution is -0.149. The van der Waals surface area contributed by atoms with Crippen LogP contribution in [0.1, 0.15) is 52.5 Å². The fourth-order valence-corrected chi connectivity index (χ4v) is 3.62. The lowest BCUT2D eigenvalue weighted by Gasteiger charge is -2.27. The molecular formula is C25H36N4O7. The molecule has 0 spiro atoms. The molecule has 198 valence electrons. The first-order valence-electron chi connectivity index (χ1n) is 12.1. The van der Waals surface area contributed by atoms with Crippen LogP contribution in [0.2, 0.25) is 0 Å². The molecule has 1 heterocycles. The van der Waals surface area contributed by atoms with Gasteiger partial charge < -0.3 is 20.7 Å². The van der Waals surface area contributed by atoms with Crippen LogP contribution < -0.4 is 21.4 Å². The molecule has 36 heavy (non-hydrogen) atoms. The van der Waals surface area contributed by atoms with E-state index in [4.69, 9.17) is 9.57 Å². The second kappa shape index (κ2) is 14.2. The summed E-state index contributed by atoms with van der Waals surface area (Å²) in [6.45, 7) is 7.54. The number of benzene rings is 1. The average Bonchev–Trinajstić information content (AvgIpc) is 2.83. The summed E-state index contributed by atoms with van der Waals surface area (Å²) >= 11 is 0. The molecule has 4 N–H and O–H groups in total. The summed E-state index contributed by atoms with van der Waals surface area (Å²) in [5, 5.41) is 7.86. The van der Waals surface area contributed by atoms with Crippen molar-refractivity contribution in [3.8, 4) is 0 Å². The van der Waals surface area contributed by atoms with Crippen LogP contribution in [-0.4, -0.2) is 54.3 Å². The van der Waals surface area contributed by atoms with Crippen LogP contribution in [0.15, 0.2) is 30.3 Å². The number of carbonyl (C=O) groups excluding carboxylic acids is 5. The number of hydrogen-bond donors (Lipinski definition) is 4. The first-order chi connectivity index (χ1) is 17.1. The predicted octanol–water partition coefficient (Wildman–Crippen LogP) is 1.36. The third kappa shape index (κ3) is 9.29. The second-order valence-electron chi connectivity index (χ2n) is 9.47. The van der Waals surface area contributed by atoms with Crippen molar-refractivity contribution in [1.82, 2.24) is 21.4 Å². The van der Waals surface area contributed by atoms with Crippen LogP contribution in [-0.2, 0) is 35.4 Å². The van der Waals surface area contributed by atoms with Gasteiger partial charge in [-0.25, -0.2) is 10.3 Å². The van der Waals surface area contributed by atoms with Crippen molar-refractivity contribution < 1.29 is 33.5 Å². The summed E-state index contributed by atoms with van der Waals surface area (Å²) in [7, 11) is 0. The highest BCUT2D eigenvalue weighted by atomic mass is 16.7. The van der Waals surface area contributed by atoms with Crippen LogP contribution in [0.4, 0.5) is 4.79 Å². The molecule has 11 nitrogen and oxygen atoms in total. The van der Waals surface area contributed by atoms with Crippen LogP contribution in [0, 0.1) is 11.8 Å². The molecule has 1 aromatic rings. The molecule has 3 atom stereocenters. The van der Waals surface area contributed by atoms with Crippen LogP contribution >= 0.6 is 0 Å². The molecule has 0 saturated carbocycles. The Labute approximate surface area is 211 Å². The highest BCUT2D eigenvalue weighted by molar-refractivity contribution is 6.38. The highest BCUT2D eigenvalue weighted by Gasteiger charge is 2.33. The van der Waals surface area contributed by atoms with Crippen LogP contribution in [0.3, 0.4) is 0 Å². The van der Waals surface area contributed by atoms with Gasteiger partial charge in [-0.1, -0.05) is 58.0 Å². The molecule has 1 aromatic carbocycles. The molecule has 0 aliphatic carbocycles. The standard InChI is InChI=1S/C25H36N4O7/c1-15(2)13-19(22(31)26-18-11-8-12-36-29-24(33)21(18)30)27-23(32)20(16(3)4)28-25(34)35-14-17-9-6-5-7-10-17/h5-7,9-10,15-16,18-20H,8,11-14H2,1-4H3,(H,26,31)(H,27,32)(H,28,34)(H,29,33). The molecule has 1 aliphatic heterocycles. The van der Waals surface area contributed by atoms with Crippen LogP contribution in [0.25, 0.3) is 0 Å². The number of hydroxylamine groups is 1. The maximum absolute atomic E-state index is 13.1. The molecule has 0 bridgehead atoms. The number of Topliss-reactive ketones (excluding diaryl/α,β-unsaturated/α-hetero) is 1. The lowest BCUT2D eigenvalue weighted by atomic mass is 9.99. The molecule has 0 aromatic heterocycles. The van der Waals surface area contributed by atoms with Gasteiger partial charge >= 0.3 is 12.0 Å². The van der Waals surface area contributed by atoms with Gasteiger partial charge in [0.25, 0.3) is 0 Å². The van der Waals surface area contributed by atoms with Gasteiger partial charge in [-0.2, -0.15) is 0 Å². The summed E-state index contributed by atoms with van der Waals surface area (Å²) in [5.74, 6) is -3.17. The Morgan fingerprint density at radius 2 is 1.75 bits per heavy atom. The van der Waals surface area contributed by atoms with Gasteiger partial charge in [-0.15, -0.1) is 0 Å². The molecule has 3 unspecified atom stereocenters. The zero-order chi connectivity index (χ0) is 26.7. The van der Waals surface area contributed by atoms with Gasteiger partial charge in [0.1, 0.15) is 18.7 Å². The third-order valence-corrected chi connectivity index (χ3v) is 5.54. The van der Waals surface area contributed by atoms with Crippen molar-refractivity contribution in [3.05, 3.63) is 35.9 Å². The van der Waals surface area contributed by atoms with Gasteiger partial charge in [0.15, 0.2) is 0 Å². The Balaban J connectivity index is 2.03. The van der Waals surface area contributed by atoms with Gasteiger partial charge in [0.05, 0.1) is 12.6 Å². The van der Waals surface area contributed by atoms with E-state index in [9.17, 15) is 24.0 Å². The van der Waals surface area contributed by atoms with E-state index in [1.54, 1.807) is 13.8 Å². The van der Waals surface area contributed by atoms with Gasteiger partial charge in [0.2, 0.25) is 17.6 Å². The molecule has 2 rings (SSSR count). The van der Waals surface area contributed by atoms with Gasteiger partial charge in [-0.3, -0.25) is 24.0 Å². The van der Waals surface area contributed by atoms with Gasteiger partial charge in [0, 0.05) is 0 Å². The number of nitrogens with one attached hydrogen (secondary N) is 4. The topological polar surface area (TPSA) is 152 Å². The number of hydrogen-bond acceptors (Lipinski definition) is 7. The zero-order valence-corrected chi connectivity index (χ0v) is 21.2. The minimum atomic E-state index is -1.03. The number of amides is 4. The summed E-state index contributed by atoms with van der Waals surface area (Å²) in [4.78, 5) is 67.5. The Hall–Kier alpha value is -3.47. The zero-order valence-electron chi connectivity index (χ0n) is 21.2. The van der Waals surface area contributed by atoms with E-state index in [2.05, 4.69) is 16.0 Å². The summed E-state index contributed by atoms with van der Waals surface area (Å²) in [5.41, 5.74) is 2.84. The Morgan fingerprint density at radius 1 is 1.06 bits per heavy atom. The normalized spacial score (nSPS) is 17.9. The summed E-state index contributed by atoms with van der Waals surface area (Å²) in [6.07, 6.45) is 0.203. The molecule has 1 fully saturated rings. The molecule has 4 amide bonds. The average molecular weight is 505 g/mol. The lowest BCUT2D eigenvalue weighted by Crippen LogP contribution is -2.58. The highest BCUT2D eigenvalue weighted by Crippen LogP contribution is 2.10. The summed E-state index contributed by atoms with van der Waals surface area (Å²) in [6, 6.07) is 6.16. The summed E-state index contributed by atoms with van der Waals surface area (Å²) < 4.78 is 5.23. The molecule has 1 aliphatic rings. The van der Waals surface area contributed by atoms with Crippen molar-refractivity contribution in [2.75, 3.05) is 6.61 Å². The van der Waals surface area contributed by atoms with E-state index in [1.807, 2.05) is 49.7 Å². The first-order valence-corrected chi connectivity index (χ1v) is 12.1. The molecule has 1 saturated heterocycles. The van der Waals surface area contributed by atoms with E-state index in [0.717, 1.165) is 5.56 Å². The van der Waals surface area contributed by atoms with Crippen molar-refractivity contribution in [3.63, 3.8) is 0 Å². The smallest absolute Gasteiger partial charge is 0.408 e. The number of alkyl carbamates (subject to hydrolysis) is 1. The monoisotopic (exact) mass is 504 g/mol. The maximum atomic E-state index is 13.1. The minimum absolute atomic E-state index is 0.0343. The number of rotatable bonds is 10. The predicted molar refractivity (Wildman–Crippen MR) is 130 cm³/mol. The van der Waals surface area contributed by atoms with Crippen molar-refractivity contribution in [1.29, 1.82) is 0 Å². The van der Waals surface area contributed by atoms with E-state index < -0.39 is 47.7 Å². The second-order valence-corrected chi connectivity index (χ2v) is 9.47. The Bertz CT molecular complexity index is 920. The molecular weight excluding hydrogens is 468 g/mol. The SMILES string of the molecule is CC(C)CC(NC(=O)C(NC(=O)OCc1ccccc1)C(C)C)C(=O)NC1CCCONC(=O)C1=O.